The molecule has 2 aliphatic rings. The number of fused-ring (bicyclic) bond motifs is 1. The molecule has 0 aliphatic carbocycles. The van der Waals surface area contributed by atoms with Gasteiger partial charge in [-0.25, -0.2) is 4.79 Å². The van der Waals surface area contributed by atoms with E-state index in [0.717, 1.165) is 0 Å². The Morgan fingerprint density at radius 2 is 1.66 bits per heavy atom. The zero-order chi connectivity index (χ0) is 23.0. The van der Waals surface area contributed by atoms with E-state index >= 15 is 0 Å². The van der Waals surface area contributed by atoms with E-state index in [1.54, 1.807) is 74.5 Å². The fourth-order valence-corrected chi connectivity index (χ4v) is 5.71. The van der Waals surface area contributed by atoms with Crippen molar-refractivity contribution in [3.63, 3.8) is 0 Å². The Balaban J connectivity index is 1.54. The largest absolute Gasteiger partial charge is 0.480 e. The molecular formula is C23H22N2O6S. The number of aliphatic carboxylic acids is 1. The number of ether oxygens (including phenoxy) is 1. The van der Waals surface area contributed by atoms with Gasteiger partial charge in [0.15, 0.2) is 5.92 Å². The van der Waals surface area contributed by atoms with Crippen LogP contribution >= 0.6 is 11.8 Å². The van der Waals surface area contributed by atoms with Gasteiger partial charge in [0.2, 0.25) is 11.8 Å². The van der Waals surface area contributed by atoms with Crippen LogP contribution in [-0.2, 0) is 19.2 Å². The summed E-state index contributed by atoms with van der Waals surface area (Å²) in [6.07, 6.45) is 0. The number of para-hydroxylation sites is 1. The maximum atomic E-state index is 13.2. The third-order valence-corrected chi connectivity index (χ3v) is 7.14. The van der Waals surface area contributed by atoms with Crippen molar-refractivity contribution in [2.24, 2.45) is 0 Å². The van der Waals surface area contributed by atoms with Gasteiger partial charge in [0.1, 0.15) is 23.2 Å². The van der Waals surface area contributed by atoms with Crippen LogP contribution in [-0.4, -0.2) is 56.0 Å². The lowest BCUT2D eigenvalue weighted by molar-refractivity contribution is -0.161. The van der Waals surface area contributed by atoms with Crippen LogP contribution in [0.5, 0.6) is 5.75 Å². The molecule has 9 heteroatoms. The molecular weight excluding hydrogens is 432 g/mol. The van der Waals surface area contributed by atoms with Gasteiger partial charge in [-0.1, -0.05) is 48.5 Å². The first-order valence-electron chi connectivity index (χ1n) is 10.1. The first-order chi connectivity index (χ1) is 15.2. The van der Waals surface area contributed by atoms with Crippen LogP contribution < -0.4 is 10.1 Å². The summed E-state index contributed by atoms with van der Waals surface area (Å²) in [4.78, 5) is 51.8. The highest BCUT2D eigenvalue weighted by Crippen LogP contribution is 2.50. The van der Waals surface area contributed by atoms with Crippen LogP contribution in [0, 0.1) is 0 Å². The molecule has 4 rings (SSSR count). The van der Waals surface area contributed by atoms with Crippen LogP contribution in [0.4, 0.5) is 0 Å². The molecule has 2 aromatic rings. The summed E-state index contributed by atoms with van der Waals surface area (Å²) in [5.74, 6) is -3.99. The van der Waals surface area contributed by atoms with Crippen LogP contribution in [0.15, 0.2) is 60.7 Å². The monoisotopic (exact) mass is 454 g/mol. The van der Waals surface area contributed by atoms with E-state index in [4.69, 9.17) is 4.74 Å². The molecule has 2 unspecified atom stereocenters. The van der Waals surface area contributed by atoms with E-state index in [9.17, 15) is 24.3 Å². The van der Waals surface area contributed by atoms with Gasteiger partial charge >= 0.3 is 11.9 Å². The Kier molecular flexibility index (Phi) is 5.68. The standard InChI is InChI=1S/C23H22N2O6S/c1-23(2)17(21(28)29)25-19(27)16(20(25)32-23)24-18(26)15(13-9-5-3-6-10-13)22(30)31-14-11-7-4-8-12-14/h3-12,15-17,20H,1-2H3,(H,24,26)(H,28,29)/t15?,16?,17-,20+/m0/s1. The van der Waals surface area contributed by atoms with E-state index < -0.39 is 51.9 Å². The highest BCUT2D eigenvalue weighted by Gasteiger charge is 2.64. The zero-order valence-corrected chi connectivity index (χ0v) is 18.2. The number of thioether (sulfide) groups is 1. The number of amides is 2. The SMILES string of the molecule is CC1(C)S[C@@H]2C(NC(=O)C(C(=O)Oc3ccccc3)c3ccccc3)C(=O)N2[C@H]1C(=O)O. The average molecular weight is 455 g/mol. The molecule has 32 heavy (non-hydrogen) atoms. The van der Waals surface area contributed by atoms with Crippen LogP contribution in [0.3, 0.4) is 0 Å². The predicted molar refractivity (Wildman–Crippen MR) is 117 cm³/mol. The topological polar surface area (TPSA) is 113 Å². The van der Waals surface area contributed by atoms with Crippen molar-refractivity contribution in [2.45, 2.75) is 42.0 Å². The minimum atomic E-state index is -1.28. The summed E-state index contributed by atoms with van der Waals surface area (Å²) in [7, 11) is 0. The van der Waals surface area contributed by atoms with Gasteiger partial charge in [0, 0.05) is 4.75 Å². The predicted octanol–water partition coefficient (Wildman–Crippen LogP) is 2.01. The number of rotatable bonds is 6. The number of carboxylic acids is 1. The number of benzene rings is 2. The van der Waals surface area contributed by atoms with E-state index in [-0.39, 0.29) is 0 Å². The van der Waals surface area contributed by atoms with Crippen molar-refractivity contribution < 1.29 is 29.0 Å². The van der Waals surface area contributed by atoms with Crippen LogP contribution in [0.2, 0.25) is 0 Å². The maximum absolute atomic E-state index is 13.2. The number of carboxylic acid groups (broad SMARTS) is 1. The number of carbonyl (C=O) groups is 4. The smallest absolute Gasteiger partial charge is 0.328 e. The fraction of sp³-hybridized carbons (Fsp3) is 0.304. The zero-order valence-electron chi connectivity index (χ0n) is 17.4. The summed E-state index contributed by atoms with van der Waals surface area (Å²) in [6, 6.07) is 15.0. The van der Waals surface area contributed by atoms with Gasteiger partial charge in [-0.05, 0) is 31.5 Å². The number of β-lactam (4-membered cyclic amide) rings is 1. The van der Waals surface area contributed by atoms with Gasteiger partial charge in [0.25, 0.3) is 0 Å². The molecule has 0 bridgehead atoms. The molecule has 0 saturated carbocycles. The second kappa shape index (κ2) is 8.31. The highest BCUT2D eigenvalue weighted by atomic mass is 32.2. The Morgan fingerprint density at radius 3 is 2.25 bits per heavy atom. The first-order valence-corrected chi connectivity index (χ1v) is 10.9. The Morgan fingerprint density at radius 1 is 1.06 bits per heavy atom. The maximum Gasteiger partial charge on any atom is 0.328 e. The lowest BCUT2D eigenvalue weighted by Gasteiger charge is -2.43. The van der Waals surface area contributed by atoms with Crippen molar-refractivity contribution in [3.05, 3.63) is 66.2 Å². The van der Waals surface area contributed by atoms with Crippen molar-refractivity contribution in [2.75, 3.05) is 0 Å². The van der Waals surface area contributed by atoms with Crippen LogP contribution in [0.25, 0.3) is 0 Å². The fourth-order valence-electron chi connectivity index (χ4n) is 4.09. The molecule has 2 aliphatic heterocycles. The molecule has 2 aromatic carbocycles. The lowest BCUT2D eigenvalue weighted by atomic mass is 9.94. The quantitative estimate of drug-likeness (QED) is 0.297. The van der Waals surface area contributed by atoms with E-state index in [2.05, 4.69) is 5.32 Å². The van der Waals surface area contributed by atoms with Gasteiger partial charge in [-0.3, -0.25) is 14.4 Å². The summed E-state index contributed by atoms with van der Waals surface area (Å²) < 4.78 is 4.69. The third-order valence-electron chi connectivity index (χ3n) is 5.57. The molecule has 8 nitrogen and oxygen atoms in total. The molecule has 0 radical (unpaired) electrons. The second-order valence-electron chi connectivity index (χ2n) is 8.16. The average Bonchev–Trinajstić information content (AvgIpc) is 3.01. The summed E-state index contributed by atoms with van der Waals surface area (Å²) in [5, 5.41) is 11.7. The molecule has 2 fully saturated rings. The van der Waals surface area contributed by atoms with E-state index in [1.165, 1.54) is 16.7 Å². The van der Waals surface area contributed by atoms with E-state index in [0.29, 0.717) is 11.3 Å². The Labute approximate surface area is 188 Å². The van der Waals surface area contributed by atoms with Crippen LogP contribution in [0.1, 0.15) is 25.3 Å². The third kappa shape index (κ3) is 3.84. The molecule has 4 atom stereocenters. The minimum absolute atomic E-state index is 0.300. The molecule has 2 heterocycles. The number of hydrogen-bond acceptors (Lipinski definition) is 6. The molecule has 2 saturated heterocycles. The highest BCUT2D eigenvalue weighted by molar-refractivity contribution is 8.01. The first kappa shape index (κ1) is 21.9. The summed E-state index contributed by atoms with van der Waals surface area (Å²) >= 11 is 1.32. The van der Waals surface area contributed by atoms with Gasteiger partial charge in [-0.15, -0.1) is 11.8 Å². The van der Waals surface area contributed by atoms with E-state index in [1.807, 2.05) is 0 Å². The van der Waals surface area contributed by atoms with Gasteiger partial charge in [0.05, 0.1) is 0 Å². The molecule has 2 N–H and O–H groups in total. The number of carbonyl (C=O) groups excluding carboxylic acids is 3. The normalized spacial score (nSPS) is 24.1. The summed E-state index contributed by atoms with van der Waals surface area (Å²) in [5.41, 5.74) is 0.428. The molecule has 0 spiro atoms. The van der Waals surface area contributed by atoms with Gasteiger partial charge < -0.3 is 20.1 Å². The van der Waals surface area contributed by atoms with Crippen molar-refractivity contribution >= 4 is 35.5 Å². The second-order valence-corrected chi connectivity index (χ2v) is 9.93. The molecule has 166 valence electrons. The number of esters is 1. The molecule has 2 amide bonds. The van der Waals surface area contributed by atoms with Crippen molar-refractivity contribution in [1.29, 1.82) is 0 Å². The Hall–Kier alpha value is -3.33. The summed E-state index contributed by atoms with van der Waals surface area (Å²) in [6.45, 7) is 3.51. The Bertz CT molecular complexity index is 1060. The van der Waals surface area contributed by atoms with Crippen molar-refractivity contribution in [1.82, 2.24) is 10.2 Å². The van der Waals surface area contributed by atoms with Crippen molar-refractivity contribution in [3.8, 4) is 5.75 Å². The lowest BCUT2D eigenvalue weighted by Crippen LogP contribution is -2.71. The molecule has 0 aromatic heterocycles. The number of nitrogens with zero attached hydrogens (tertiary/aromatic N) is 1. The number of nitrogens with one attached hydrogen (secondary N) is 1. The van der Waals surface area contributed by atoms with Gasteiger partial charge in [-0.2, -0.15) is 0 Å². The minimum Gasteiger partial charge on any atom is -0.480 e. The number of hydrogen-bond donors (Lipinski definition) is 2.